The third kappa shape index (κ3) is 1.70. The Morgan fingerprint density at radius 1 is 1.35 bits per heavy atom. The van der Waals surface area contributed by atoms with Crippen molar-refractivity contribution in [3.05, 3.63) is 29.8 Å². The zero-order valence-electron chi connectivity index (χ0n) is 10.2. The summed E-state index contributed by atoms with van der Waals surface area (Å²) in [6, 6.07) is 8.06. The van der Waals surface area contributed by atoms with Crippen molar-refractivity contribution in [1.29, 1.82) is 5.41 Å². The second-order valence-corrected chi connectivity index (χ2v) is 5.33. The molecule has 0 saturated heterocycles. The molecule has 3 aliphatic rings. The van der Waals surface area contributed by atoms with E-state index in [4.69, 9.17) is 5.41 Å². The Balaban J connectivity index is 1.75. The number of hydrogen-bond acceptors (Lipinski definition) is 2. The lowest BCUT2D eigenvalue weighted by Crippen LogP contribution is -2.68. The molecule has 0 radical (unpaired) electrons. The third-order valence-electron chi connectivity index (χ3n) is 3.99. The predicted octanol–water partition coefficient (Wildman–Crippen LogP) is 2.59. The summed E-state index contributed by atoms with van der Waals surface area (Å²) in [5.41, 5.74) is 2.32. The Morgan fingerprint density at radius 3 is 2.65 bits per heavy atom. The first-order valence-corrected chi connectivity index (χ1v) is 6.42. The number of amidine groups is 1. The lowest BCUT2D eigenvalue weighted by molar-refractivity contribution is -0.0350. The smallest absolute Gasteiger partial charge is 0.127 e. The Kier molecular flexibility index (Phi) is 2.35. The fourth-order valence-corrected chi connectivity index (χ4v) is 3.01. The summed E-state index contributed by atoms with van der Waals surface area (Å²) in [5, 5.41) is 14.9. The molecule has 3 heteroatoms. The summed E-state index contributed by atoms with van der Waals surface area (Å²) in [7, 11) is 0. The molecule has 17 heavy (non-hydrogen) atoms. The minimum absolute atomic E-state index is 0.279. The second kappa shape index (κ2) is 3.76. The van der Waals surface area contributed by atoms with E-state index in [1.165, 1.54) is 19.3 Å². The summed E-state index contributed by atoms with van der Waals surface area (Å²) >= 11 is 0. The van der Waals surface area contributed by atoms with Crippen LogP contribution in [-0.2, 0) is 0 Å². The second-order valence-electron chi connectivity index (χ2n) is 5.33. The number of para-hydroxylation sites is 1. The highest BCUT2D eigenvalue weighted by Crippen LogP contribution is 2.57. The SMILES string of the molecule is CCNc1ccccc1C(=N)NC12CC(C1)C2. The van der Waals surface area contributed by atoms with Crippen molar-refractivity contribution in [1.82, 2.24) is 5.32 Å². The molecule has 0 aromatic heterocycles. The number of rotatable bonds is 4. The first-order chi connectivity index (χ1) is 8.22. The number of nitrogens with one attached hydrogen (secondary N) is 3. The van der Waals surface area contributed by atoms with Gasteiger partial charge < -0.3 is 10.6 Å². The van der Waals surface area contributed by atoms with Gasteiger partial charge in [0.15, 0.2) is 0 Å². The van der Waals surface area contributed by atoms with Crippen LogP contribution in [0.25, 0.3) is 0 Å². The van der Waals surface area contributed by atoms with Crippen LogP contribution in [0.3, 0.4) is 0 Å². The van der Waals surface area contributed by atoms with E-state index in [9.17, 15) is 0 Å². The van der Waals surface area contributed by atoms with Crippen molar-refractivity contribution in [3.8, 4) is 0 Å². The Labute approximate surface area is 102 Å². The van der Waals surface area contributed by atoms with Crippen LogP contribution in [0.15, 0.2) is 24.3 Å². The maximum Gasteiger partial charge on any atom is 0.127 e. The van der Waals surface area contributed by atoms with Crippen molar-refractivity contribution in [2.24, 2.45) is 5.92 Å². The lowest BCUT2D eigenvalue weighted by atomic mass is 9.50. The average molecular weight is 229 g/mol. The summed E-state index contributed by atoms with van der Waals surface area (Å²) < 4.78 is 0. The molecule has 3 fully saturated rings. The highest BCUT2D eigenvalue weighted by Gasteiger charge is 2.56. The first-order valence-electron chi connectivity index (χ1n) is 6.42. The van der Waals surface area contributed by atoms with Crippen LogP contribution in [0.4, 0.5) is 5.69 Å². The maximum absolute atomic E-state index is 8.22. The van der Waals surface area contributed by atoms with Gasteiger partial charge in [0.2, 0.25) is 0 Å². The quantitative estimate of drug-likeness (QED) is 0.549. The summed E-state index contributed by atoms with van der Waals surface area (Å²) in [6.07, 6.45) is 3.79. The molecule has 1 aromatic rings. The molecular formula is C14H19N3. The van der Waals surface area contributed by atoms with Crippen LogP contribution >= 0.6 is 0 Å². The molecule has 4 rings (SSSR count). The van der Waals surface area contributed by atoms with E-state index in [-0.39, 0.29) is 5.54 Å². The summed E-state index contributed by atoms with van der Waals surface area (Å²) in [5.74, 6) is 1.51. The predicted molar refractivity (Wildman–Crippen MR) is 70.6 cm³/mol. The molecule has 3 saturated carbocycles. The van der Waals surface area contributed by atoms with Gasteiger partial charge in [-0.15, -0.1) is 0 Å². The summed E-state index contributed by atoms with van der Waals surface area (Å²) in [6.45, 7) is 2.96. The van der Waals surface area contributed by atoms with Crippen LogP contribution in [0, 0.1) is 11.3 Å². The molecule has 2 bridgehead atoms. The van der Waals surface area contributed by atoms with Crippen molar-refractivity contribution >= 4 is 11.5 Å². The molecular weight excluding hydrogens is 210 g/mol. The minimum Gasteiger partial charge on any atom is -0.385 e. The number of benzene rings is 1. The van der Waals surface area contributed by atoms with Crippen molar-refractivity contribution in [2.45, 2.75) is 31.7 Å². The largest absolute Gasteiger partial charge is 0.385 e. The van der Waals surface area contributed by atoms with Crippen LogP contribution in [-0.4, -0.2) is 17.9 Å². The van der Waals surface area contributed by atoms with E-state index in [0.29, 0.717) is 5.84 Å². The van der Waals surface area contributed by atoms with Crippen molar-refractivity contribution < 1.29 is 0 Å². The van der Waals surface area contributed by atoms with E-state index in [1.54, 1.807) is 0 Å². The monoisotopic (exact) mass is 229 g/mol. The molecule has 0 aliphatic heterocycles. The maximum atomic E-state index is 8.22. The molecule has 0 amide bonds. The molecule has 3 aliphatic carbocycles. The Bertz CT molecular complexity index is 436. The number of hydrogen-bond donors (Lipinski definition) is 3. The summed E-state index contributed by atoms with van der Waals surface area (Å²) in [4.78, 5) is 0. The van der Waals surface area contributed by atoms with Crippen LogP contribution < -0.4 is 10.6 Å². The van der Waals surface area contributed by atoms with E-state index in [2.05, 4.69) is 17.6 Å². The van der Waals surface area contributed by atoms with Crippen LogP contribution in [0.5, 0.6) is 0 Å². The Morgan fingerprint density at radius 2 is 2.06 bits per heavy atom. The minimum atomic E-state index is 0.279. The number of anilines is 1. The van der Waals surface area contributed by atoms with Gasteiger partial charge in [0, 0.05) is 23.3 Å². The zero-order valence-corrected chi connectivity index (χ0v) is 10.2. The average Bonchev–Trinajstić information content (AvgIpc) is 2.23. The first kappa shape index (κ1) is 10.6. The van der Waals surface area contributed by atoms with Gasteiger partial charge in [-0.2, -0.15) is 0 Å². The van der Waals surface area contributed by atoms with E-state index < -0.39 is 0 Å². The van der Waals surface area contributed by atoms with Gasteiger partial charge >= 0.3 is 0 Å². The molecule has 0 unspecified atom stereocenters. The van der Waals surface area contributed by atoms with Crippen molar-refractivity contribution in [2.75, 3.05) is 11.9 Å². The van der Waals surface area contributed by atoms with Gasteiger partial charge in [0.1, 0.15) is 5.84 Å². The highest BCUT2D eigenvalue weighted by molar-refractivity contribution is 6.02. The molecule has 0 atom stereocenters. The van der Waals surface area contributed by atoms with Gasteiger partial charge in [-0.1, -0.05) is 12.1 Å². The fraction of sp³-hybridized carbons (Fsp3) is 0.500. The normalized spacial score (nSPS) is 28.9. The van der Waals surface area contributed by atoms with Gasteiger partial charge in [-0.3, -0.25) is 5.41 Å². The van der Waals surface area contributed by atoms with Crippen molar-refractivity contribution in [3.63, 3.8) is 0 Å². The van der Waals surface area contributed by atoms with Gasteiger partial charge in [0.25, 0.3) is 0 Å². The van der Waals surface area contributed by atoms with E-state index in [1.807, 2.05) is 24.3 Å². The molecule has 1 aromatic carbocycles. The topological polar surface area (TPSA) is 47.9 Å². The molecule has 90 valence electrons. The molecule has 3 nitrogen and oxygen atoms in total. The molecule has 0 heterocycles. The fourth-order valence-electron chi connectivity index (χ4n) is 3.01. The molecule has 0 spiro atoms. The molecule has 3 N–H and O–H groups in total. The van der Waals surface area contributed by atoms with Crippen LogP contribution in [0.1, 0.15) is 31.7 Å². The van der Waals surface area contributed by atoms with Gasteiger partial charge in [-0.05, 0) is 44.2 Å². The van der Waals surface area contributed by atoms with E-state index in [0.717, 1.165) is 23.7 Å². The third-order valence-corrected chi connectivity index (χ3v) is 3.99. The van der Waals surface area contributed by atoms with Gasteiger partial charge in [-0.25, -0.2) is 0 Å². The Hall–Kier alpha value is -1.51. The van der Waals surface area contributed by atoms with Crippen LogP contribution in [0.2, 0.25) is 0 Å². The zero-order chi connectivity index (χ0) is 11.9. The van der Waals surface area contributed by atoms with E-state index >= 15 is 0 Å². The highest BCUT2D eigenvalue weighted by atomic mass is 15.1. The lowest BCUT2D eigenvalue weighted by Gasteiger charge is -2.62. The standard InChI is InChI=1S/C14H19N3/c1-2-16-12-6-4-3-5-11(12)13(15)17-14-7-10(8-14)9-14/h3-6,10,16H,2,7-9H2,1H3,(H2,15,17). The van der Waals surface area contributed by atoms with Gasteiger partial charge in [0.05, 0.1) is 0 Å².